The Kier molecular flexibility index (Phi) is 5.71. The van der Waals surface area contributed by atoms with Crippen LogP contribution >= 0.6 is 11.3 Å². The minimum absolute atomic E-state index is 0.271. The Morgan fingerprint density at radius 3 is 2.56 bits per heavy atom. The summed E-state index contributed by atoms with van der Waals surface area (Å²) in [6.07, 6.45) is 0. The van der Waals surface area contributed by atoms with E-state index >= 15 is 0 Å². The monoisotopic (exact) mass is 291 g/mol. The molecule has 0 bridgehead atoms. The molecule has 0 saturated heterocycles. The fourth-order valence-electron chi connectivity index (χ4n) is 1.30. The number of sulfonamides is 1. The lowest BCUT2D eigenvalue weighted by Gasteiger charge is -2.15. The van der Waals surface area contributed by atoms with Crippen LogP contribution < -0.4 is 10.0 Å². The van der Waals surface area contributed by atoms with Crippen molar-refractivity contribution in [3.05, 3.63) is 16.1 Å². The van der Waals surface area contributed by atoms with Crippen LogP contribution in [0.5, 0.6) is 0 Å². The van der Waals surface area contributed by atoms with Gasteiger partial charge in [0.25, 0.3) is 0 Å². The molecule has 0 saturated carbocycles. The van der Waals surface area contributed by atoms with Crippen LogP contribution in [0.4, 0.5) is 0 Å². The average molecular weight is 291 g/mol. The molecule has 104 valence electrons. The van der Waals surface area contributed by atoms with Crippen LogP contribution in [-0.4, -0.2) is 31.2 Å². The maximum atomic E-state index is 11.9. The normalized spacial score (nSPS) is 14.1. The summed E-state index contributed by atoms with van der Waals surface area (Å²) in [5.41, 5.74) is 0.920. The lowest BCUT2D eigenvalue weighted by Crippen LogP contribution is -2.40. The summed E-state index contributed by atoms with van der Waals surface area (Å²) in [7, 11) is -3.29. The summed E-state index contributed by atoms with van der Waals surface area (Å²) in [5.74, 6) is 0. The van der Waals surface area contributed by atoms with Gasteiger partial charge >= 0.3 is 0 Å². The summed E-state index contributed by atoms with van der Waals surface area (Å²) >= 11 is 1.47. The third-order valence-electron chi connectivity index (χ3n) is 2.43. The highest BCUT2D eigenvalue weighted by Crippen LogP contribution is 2.09. The second kappa shape index (κ2) is 6.60. The Morgan fingerprint density at radius 2 is 2.06 bits per heavy atom. The van der Waals surface area contributed by atoms with Crippen LogP contribution in [-0.2, 0) is 16.6 Å². The summed E-state index contributed by atoms with van der Waals surface area (Å²) in [6, 6.07) is 0.282. The second-order valence-corrected chi connectivity index (χ2v) is 7.75. The van der Waals surface area contributed by atoms with E-state index < -0.39 is 15.3 Å². The molecule has 0 aromatic carbocycles. The Labute approximate surface area is 113 Å². The molecule has 0 aliphatic carbocycles. The quantitative estimate of drug-likeness (QED) is 0.793. The van der Waals surface area contributed by atoms with E-state index in [0.29, 0.717) is 6.54 Å². The molecule has 0 fully saturated rings. The molecule has 1 rings (SSSR count). The van der Waals surface area contributed by atoms with Gasteiger partial charge in [0.2, 0.25) is 10.0 Å². The van der Waals surface area contributed by atoms with Crippen molar-refractivity contribution < 1.29 is 8.42 Å². The molecule has 0 aliphatic rings. The van der Waals surface area contributed by atoms with Crippen molar-refractivity contribution >= 4 is 21.4 Å². The van der Waals surface area contributed by atoms with Gasteiger partial charge in [-0.1, -0.05) is 13.8 Å². The Balaban J connectivity index is 2.48. The predicted molar refractivity (Wildman–Crippen MR) is 75.2 cm³/mol. The third-order valence-corrected chi connectivity index (χ3v) is 5.17. The lowest BCUT2D eigenvalue weighted by atomic mass is 10.3. The first-order chi connectivity index (χ1) is 8.31. The van der Waals surface area contributed by atoms with Crippen LogP contribution in [0.25, 0.3) is 0 Å². The first kappa shape index (κ1) is 15.6. The van der Waals surface area contributed by atoms with Crippen molar-refractivity contribution in [3.8, 4) is 0 Å². The molecule has 0 aliphatic heterocycles. The van der Waals surface area contributed by atoms with Crippen molar-refractivity contribution in [2.75, 3.05) is 6.54 Å². The number of thiazole rings is 1. The zero-order valence-corrected chi connectivity index (χ0v) is 12.9. The Morgan fingerprint density at radius 1 is 1.39 bits per heavy atom. The first-order valence-corrected chi connectivity index (χ1v) is 8.36. The lowest BCUT2D eigenvalue weighted by molar-refractivity contribution is 0.540. The van der Waals surface area contributed by atoms with Gasteiger partial charge in [0.05, 0.1) is 11.8 Å². The number of hydrogen-bond donors (Lipinski definition) is 2. The van der Waals surface area contributed by atoms with Crippen molar-refractivity contribution in [2.45, 2.75) is 45.5 Å². The molecule has 1 aromatic heterocycles. The summed E-state index contributed by atoms with van der Waals surface area (Å²) in [6.45, 7) is 8.29. The topological polar surface area (TPSA) is 71.1 Å². The number of nitrogens with zero attached hydrogens (tertiary/aromatic N) is 1. The minimum atomic E-state index is -3.29. The molecule has 2 N–H and O–H groups in total. The van der Waals surface area contributed by atoms with Crippen LogP contribution in [0.1, 0.15) is 31.5 Å². The molecule has 1 heterocycles. The minimum Gasteiger partial charge on any atom is -0.313 e. The number of aryl methyl sites for hydroxylation is 1. The zero-order chi connectivity index (χ0) is 13.8. The largest absolute Gasteiger partial charge is 0.313 e. The molecule has 0 spiro atoms. The standard InChI is InChI=1S/C11H21N3O2S2/c1-8(2)12-5-10(4)18(15,16)13-6-11-14-9(3)7-17-11/h7-8,10,12-13H,5-6H2,1-4H3. The fraction of sp³-hybridized carbons (Fsp3) is 0.727. The van der Waals surface area contributed by atoms with Crippen LogP contribution in [0, 0.1) is 6.92 Å². The van der Waals surface area contributed by atoms with Crippen LogP contribution in [0.2, 0.25) is 0 Å². The molecule has 1 aromatic rings. The van der Waals surface area contributed by atoms with E-state index in [9.17, 15) is 8.42 Å². The molecule has 0 radical (unpaired) electrons. The van der Waals surface area contributed by atoms with Crippen LogP contribution in [0.3, 0.4) is 0 Å². The highest BCUT2D eigenvalue weighted by Gasteiger charge is 2.20. The average Bonchev–Trinajstić information content (AvgIpc) is 2.69. The van der Waals surface area contributed by atoms with Gasteiger partial charge < -0.3 is 5.32 Å². The van der Waals surface area contributed by atoms with E-state index in [4.69, 9.17) is 0 Å². The number of hydrogen-bond acceptors (Lipinski definition) is 5. The first-order valence-electron chi connectivity index (χ1n) is 5.94. The van der Waals surface area contributed by atoms with Crippen molar-refractivity contribution in [2.24, 2.45) is 0 Å². The van der Waals surface area contributed by atoms with E-state index in [1.165, 1.54) is 11.3 Å². The van der Waals surface area contributed by atoms with Gasteiger partial charge in [-0.25, -0.2) is 18.1 Å². The van der Waals surface area contributed by atoms with E-state index in [1.54, 1.807) is 6.92 Å². The summed E-state index contributed by atoms with van der Waals surface area (Å²) in [4.78, 5) is 4.22. The highest BCUT2D eigenvalue weighted by molar-refractivity contribution is 7.90. The molecule has 0 amide bonds. The van der Waals surface area contributed by atoms with E-state index in [2.05, 4.69) is 15.0 Å². The zero-order valence-electron chi connectivity index (χ0n) is 11.2. The van der Waals surface area contributed by atoms with Crippen molar-refractivity contribution in [1.29, 1.82) is 0 Å². The van der Waals surface area contributed by atoms with Crippen molar-refractivity contribution in [3.63, 3.8) is 0 Å². The molecule has 7 heteroatoms. The number of rotatable bonds is 7. The van der Waals surface area contributed by atoms with Crippen molar-refractivity contribution in [1.82, 2.24) is 15.0 Å². The molecule has 1 unspecified atom stereocenters. The van der Waals surface area contributed by atoms with Gasteiger partial charge in [-0.2, -0.15) is 0 Å². The molecular formula is C11H21N3O2S2. The summed E-state index contributed by atoms with van der Waals surface area (Å²) in [5, 5.41) is 5.37. The maximum absolute atomic E-state index is 11.9. The molecule has 1 atom stereocenters. The Hall–Kier alpha value is -0.500. The van der Waals surface area contributed by atoms with E-state index in [0.717, 1.165) is 10.7 Å². The van der Waals surface area contributed by atoms with Gasteiger partial charge in [0.15, 0.2) is 0 Å². The molecular weight excluding hydrogens is 270 g/mol. The highest BCUT2D eigenvalue weighted by atomic mass is 32.2. The van der Waals surface area contributed by atoms with E-state index in [-0.39, 0.29) is 12.6 Å². The predicted octanol–water partition coefficient (Wildman–Crippen LogP) is 1.26. The van der Waals surface area contributed by atoms with Gasteiger partial charge in [-0.15, -0.1) is 11.3 Å². The van der Waals surface area contributed by atoms with Gasteiger partial charge in [0.1, 0.15) is 5.01 Å². The number of nitrogens with one attached hydrogen (secondary N) is 2. The maximum Gasteiger partial charge on any atom is 0.215 e. The molecule has 5 nitrogen and oxygen atoms in total. The van der Waals surface area contributed by atoms with Gasteiger partial charge in [-0.05, 0) is 13.8 Å². The van der Waals surface area contributed by atoms with E-state index in [1.807, 2.05) is 26.2 Å². The fourth-order valence-corrected chi connectivity index (χ4v) is 3.04. The van der Waals surface area contributed by atoms with Gasteiger partial charge in [0, 0.05) is 23.7 Å². The SMILES string of the molecule is Cc1csc(CNS(=O)(=O)C(C)CNC(C)C)n1. The molecule has 18 heavy (non-hydrogen) atoms. The van der Waals surface area contributed by atoms with Gasteiger partial charge in [-0.3, -0.25) is 0 Å². The smallest absolute Gasteiger partial charge is 0.215 e. The third kappa shape index (κ3) is 5.01. The van der Waals surface area contributed by atoms with Crippen LogP contribution in [0.15, 0.2) is 5.38 Å². The Bertz CT molecular complexity index is 468. The number of aromatic nitrogens is 1. The second-order valence-electron chi connectivity index (χ2n) is 4.62. The summed E-state index contributed by atoms with van der Waals surface area (Å²) < 4.78 is 26.5.